The molecule has 0 atom stereocenters. The Bertz CT molecular complexity index is 441. The van der Waals surface area contributed by atoms with E-state index in [-0.39, 0.29) is 18.6 Å². The maximum absolute atomic E-state index is 11.5. The molecule has 0 saturated carbocycles. The molecule has 6 nitrogen and oxygen atoms in total. The van der Waals surface area contributed by atoms with Crippen LogP contribution in [-0.4, -0.2) is 40.0 Å². The second-order valence-electron chi connectivity index (χ2n) is 5.25. The van der Waals surface area contributed by atoms with Gasteiger partial charge in [-0.05, 0) is 27.7 Å². The van der Waals surface area contributed by atoms with Crippen LogP contribution in [0, 0.1) is 13.8 Å². The average molecular weight is 282 g/mol. The van der Waals surface area contributed by atoms with E-state index in [4.69, 9.17) is 5.11 Å². The van der Waals surface area contributed by atoms with Crippen molar-refractivity contribution in [2.24, 2.45) is 0 Å². The van der Waals surface area contributed by atoms with Gasteiger partial charge in [0.2, 0.25) is 5.91 Å². The summed E-state index contributed by atoms with van der Waals surface area (Å²) in [6.45, 7) is 9.80. The number of nitrogens with zero attached hydrogens (tertiary/aromatic N) is 2. The number of nitrogens with one attached hydrogen (secondary N) is 2. The molecule has 114 valence electrons. The first kappa shape index (κ1) is 16.7. The van der Waals surface area contributed by atoms with Crippen molar-refractivity contribution in [3.05, 3.63) is 17.0 Å². The molecule has 20 heavy (non-hydrogen) atoms. The van der Waals surface area contributed by atoms with Gasteiger partial charge < -0.3 is 15.7 Å². The molecule has 0 aromatic carbocycles. The SMILES string of the molecule is Cc1nn(CCO)c(C)c1CNCCC(=O)NC(C)C. The number of aliphatic hydroxyl groups excluding tert-OH is 1. The molecule has 1 aromatic heterocycles. The van der Waals surface area contributed by atoms with Gasteiger partial charge >= 0.3 is 0 Å². The van der Waals surface area contributed by atoms with E-state index in [0.717, 1.165) is 17.0 Å². The average Bonchev–Trinajstić information content (AvgIpc) is 2.61. The molecule has 0 bridgehead atoms. The Kier molecular flexibility index (Phi) is 6.67. The van der Waals surface area contributed by atoms with Crippen molar-refractivity contribution in [1.82, 2.24) is 20.4 Å². The van der Waals surface area contributed by atoms with Gasteiger partial charge in [0.25, 0.3) is 0 Å². The summed E-state index contributed by atoms with van der Waals surface area (Å²) in [5.41, 5.74) is 3.17. The number of carbonyl (C=O) groups excluding carboxylic acids is 1. The highest BCUT2D eigenvalue weighted by Gasteiger charge is 2.10. The molecule has 0 saturated heterocycles. The Morgan fingerprint density at radius 2 is 2.10 bits per heavy atom. The Morgan fingerprint density at radius 3 is 2.70 bits per heavy atom. The zero-order valence-electron chi connectivity index (χ0n) is 12.9. The van der Waals surface area contributed by atoms with E-state index in [1.807, 2.05) is 32.4 Å². The number of amides is 1. The van der Waals surface area contributed by atoms with Crippen LogP contribution in [-0.2, 0) is 17.9 Å². The molecule has 1 aromatic rings. The lowest BCUT2D eigenvalue weighted by molar-refractivity contribution is -0.121. The number of rotatable bonds is 8. The predicted octanol–water partition coefficient (Wildman–Crippen LogP) is 0.497. The summed E-state index contributed by atoms with van der Waals surface area (Å²) >= 11 is 0. The molecule has 1 amide bonds. The van der Waals surface area contributed by atoms with Gasteiger partial charge in [0.05, 0.1) is 18.8 Å². The van der Waals surface area contributed by atoms with Gasteiger partial charge in [-0.15, -0.1) is 0 Å². The number of aliphatic hydroxyl groups is 1. The van der Waals surface area contributed by atoms with Gasteiger partial charge in [0.1, 0.15) is 0 Å². The van der Waals surface area contributed by atoms with Crippen molar-refractivity contribution >= 4 is 5.91 Å². The van der Waals surface area contributed by atoms with Crippen LogP contribution in [0.15, 0.2) is 0 Å². The lowest BCUT2D eigenvalue weighted by atomic mass is 10.2. The van der Waals surface area contributed by atoms with Gasteiger partial charge in [0.15, 0.2) is 0 Å². The molecule has 3 N–H and O–H groups in total. The summed E-state index contributed by atoms with van der Waals surface area (Å²) in [6, 6.07) is 0.184. The van der Waals surface area contributed by atoms with Crippen molar-refractivity contribution in [2.75, 3.05) is 13.2 Å². The highest BCUT2D eigenvalue weighted by atomic mass is 16.3. The van der Waals surface area contributed by atoms with Gasteiger partial charge in [-0.25, -0.2) is 0 Å². The number of hydrogen-bond donors (Lipinski definition) is 3. The minimum absolute atomic E-state index is 0.0666. The Hall–Kier alpha value is -1.40. The molecule has 0 fully saturated rings. The first-order chi connectivity index (χ1) is 9.45. The topological polar surface area (TPSA) is 79.2 Å². The van der Waals surface area contributed by atoms with E-state index in [2.05, 4.69) is 15.7 Å². The second kappa shape index (κ2) is 8.01. The zero-order chi connectivity index (χ0) is 15.1. The lowest BCUT2D eigenvalue weighted by Crippen LogP contribution is -2.32. The monoisotopic (exact) mass is 282 g/mol. The zero-order valence-corrected chi connectivity index (χ0v) is 12.9. The van der Waals surface area contributed by atoms with Crippen LogP contribution in [0.1, 0.15) is 37.2 Å². The van der Waals surface area contributed by atoms with Gasteiger partial charge in [-0.1, -0.05) is 0 Å². The third-order valence-electron chi connectivity index (χ3n) is 3.12. The van der Waals surface area contributed by atoms with Crippen LogP contribution >= 0.6 is 0 Å². The van der Waals surface area contributed by atoms with Gasteiger partial charge in [-0.3, -0.25) is 9.48 Å². The van der Waals surface area contributed by atoms with Gasteiger partial charge in [-0.2, -0.15) is 5.10 Å². The third-order valence-corrected chi connectivity index (χ3v) is 3.12. The Labute approximate surface area is 120 Å². The van der Waals surface area contributed by atoms with Crippen molar-refractivity contribution in [2.45, 2.75) is 53.2 Å². The molecule has 0 unspecified atom stereocenters. The van der Waals surface area contributed by atoms with Crippen LogP contribution in [0.2, 0.25) is 0 Å². The Balaban J connectivity index is 2.40. The number of carbonyl (C=O) groups is 1. The first-order valence-corrected chi connectivity index (χ1v) is 7.09. The van der Waals surface area contributed by atoms with E-state index in [9.17, 15) is 4.79 Å². The molecule has 0 spiro atoms. The van der Waals surface area contributed by atoms with Crippen LogP contribution in [0.5, 0.6) is 0 Å². The number of hydrogen-bond acceptors (Lipinski definition) is 4. The normalized spacial score (nSPS) is 11.1. The summed E-state index contributed by atoms with van der Waals surface area (Å²) in [7, 11) is 0. The molecule has 1 heterocycles. The van der Waals surface area contributed by atoms with Crippen molar-refractivity contribution < 1.29 is 9.90 Å². The van der Waals surface area contributed by atoms with E-state index in [1.54, 1.807) is 0 Å². The molecular weight excluding hydrogens is 256 g/mol. The summed E-state index contributed by atoms with van der Waals surface area (Å²) in [5.74, 6) is 0.0666. The van der Waals surface area contributed by atoms with E-state index in [0.29, 0.717) is 26.1 Å². The number of aromatic nitrogens is 2. The molecule has 1 rings (SSSR count). The van der Waals surface area contributed by atoms with Crippen molar-refractivity contribution in [1.29, 1.82) is 0 Å². The Morgan fingerprint density at radius 1 is 1.40 bits per heavy atom. The van der Waals surface area contributed by atoms with Crippen LogP contribution in [0.25, 0.3) is 0 Å². The predicted molar refractivity (Wildman–Crippen MR) is 78.4 cm³/mol. The fourth-order valence-corrected chi connectivity index (χ4v) is 2.11. The minimum atomic E-state index is 0.0666. The first-order valence-electron chi connectivity index (χ1n) is 7.09. The smallest absolute Gasteiger partial charge is 0.221 e. The van der Waals surface area contributed by atoms with Crippen molar-refractivity contribution in [3.63, 3.8) is 0 Å². The lowest BCUT2D eigenvalue weighted by Gasteiger charge is -2.09. The highest BCUT2D eigenvalue weighted by Crippen LogP contribution is 2.12. The summed E-state index contributed by atoms with van der Waals surface area (Å²) in [6.07, 6.45) is 0.473. The molecule has 0 radical (unpaired) electrons. The van der Waals surface area contributed by atoms with Gasteiger partial charge in [0, 0.05) is 36.8 Å². The molecule has 6 heteroatoms. The van der Waals surface area contributed by atoms with E-state index >= 15 is 0 Å². The summed E-state index contributed by atoms with van der Waals surface area (Å²) < 4.78 is 1.82. The second-order valence-corrected chi connectivity index (χ2v) is 5.25. The summed E-state index contributed by atoms with van der Waals surface area (Å²) in [5, 5.41) is 19.5. The summed E-state index contributed by atoms with van der Waals surface area (Å²) in [4.78, 5) is 11.5. The fraction of sp³-hybridized carbons (Fsp3) is 0.714. The third kappa shape index (κ3) is 4.94. The maximum atomic E-state index is 11.5. The van der Waals surface area contributed by atoms with E-state index < -0.39 is 0 Å². The fourth-order valence-electron chi connectivity index (χ4n) is 2.11. The van der Waals surface area contributed by atoms with E-state index in [1.165, 1.54) is 0 Å². The minimum Gasteiger partial charge on any atom is -0.394 e. The van der Waals surface area contributed by atoms with Crippen LogP contribution in [0.3, 0.4) is 0 Å². The van der Waals surface area contributed by atoms with Crippen molar-refractivity contribution in [3.8, 4) is 0 Å². The standard InChI is InChI=1S/C14H26N4O2/c1-10(2)16-14(20)5-6-15-9-13-11(3)17-18(7-8-19)12(13)4/h10,15,19H,5-9H2,1-4H3,(H,16,20). The maximum Gasteiger partial charge on any atom is 0.221 e. The number of aryl methyl sites for hydroxylation is 1. The molecule has 0 aliphatic rings. The molecule has 0 aliphatic heterocycles. The van der Waals surface area contributed by atoms with Crippen LogP contribution in [0.4, 0.5) is 0 Å². The molecular formula is C14H26N4O2. The highest BCUT2D eigenvalue weighted by molar-refractivity contribution is 5.76. The van der Waals surface area contributed by atoms with Crippen LogP contribution < -0.4 is 10.6 Å². The molecule has 0 aliphatic carbocycles. The quantitative estimate of drug-likeness (QED) is 0.607. The largest absolute Gasteiger partial charge is 0.394 e.